The van der Waals surface area contributed by atoms with Gasteiger partial charge in [-0.1, -0.05) is 26.7 Å². The molecule has 0 aromatic rings. The standard InChI is InChI=1S/C14H28N2O/c1-3-5-7-12(4-2)14(17)16-11-9-13-8-6-10-15-13/h12-13,15H,3-11H2,1-2H3,(H,16,17)/t12?,13-/m1/s1. The SMILES string of the molecule is CCCCC(CC)C(=O)NCC[C@H]1CCCN1. The average molecular weight is 240 g/mol. The van der Waals surface area contributed by atoms with E-state index < -0.39 is 0 Å². The monoisotopic (exact) mass is 240 g/mol. The molecule has 1 amide bonds. The minimum absolute atomic E-state index is 0.228. The zero-order chi connectivity index (χ0) is 12.5. The van der Waals surface area contributed by atoms with Gasteiger partial charge in [-0.25, -0.2) is 0 Å². The van der Waals surface area contributed by atoms with E-state index in [-0.39, 0.29) is 11.8 Å². The van der Waals surface area contributed by atoms with Crippen LogP contribution in [0, 0.1) is 5.92 Å². The zero-order valence-corrected chi connectivity index (χ0v) is 11.4. The molecule has 3 heteroatoms. The molecule has 2 atom stereocenters. The van der Waals surface area contributed by atoms with Crippen LogP contribution in [0.25, 0.3) is 0 Å². The molecule has 1 rings (SSSR count). The van der Waals surface area contributed by atoms with Gasteiger partial charge < -0.3 is 10.6 Å². The maximum atomic E-state index is 11.9. The van der Waals surface area contributed by atoms with Crippen molar-refractivity contribution in [2.45, 2.75) is 64.8 Å². The first kappa shape index (κ1) is 14.5. The number of nitrogens with one attached hydrogen (secondary N) is 2. The summed E-state index contributed by atoms with van der Waals surface area (Å²) in [6, 6.07) is 0.631. The molecule has 0 saturated carbocycles. The summed E-state index contributed by atoms with van der Waals surface area (Å²) in [6.07, 6.45) is 7.98. The summed E-state index contributed by atoms with van der Waals surface area (Å²) in [6.45, 7) is 6.26. The lowest BCUT2D eigenvalue weighted by Gasteiger charge is -2.16. The van der Waals surface area contributed by atoms with E-state index in [1.165, 1.54) is 19.3 Å². The second-order valence-corrected chi connectivity index (χ2v) is 5.12. The number of carbonyl (C=O) groups is 1. The largest absolute Gasteiger partial charge is 0.356 e. The van der Waals surface area contributed by atoms with Crippen molar-refractivity contribution in [3.8, 4) is 0 Å². The van der Waals surface area contributed by atoms with Gasteiger partial charge >= 0.3 is 0 Å². The smallest absolute Gasteiger partial charge is 0.223 e. The predicted octanol–water partition coefficient (Wildman–Crippen LogP) is 2.46. The van der Waals surface area contributed by atoms with Crippen LogP contribution in [0.2, 0.25) is 0 Å². The number of amides is 1. The Morgan fingerprint density at radius 2 is 2.29 bits per heavy atom. The fraction of sp³-hybridized carbons (Fsp3) is 0.929. The van der Waals surface area contributed by atoms with Crippen LogP contribution in [0.5, 0.6) is 0 Å². The van der Waals surface area contributed by atoms with Crippen LogP contribution in [0.3, 0.4) is 0 Å². The van der Waals surface area contributed by atoms with Crippen molar-refractivity contribution < 1.29 is 4.79 Å². The molecule has 1 unspecified atom stereocenters. The average Bonchev–Trinajstić information content (AvgIpc) is 2.83. The van der Waals surface area contributed by atoms with E-state index in [0.29, 0.717) is 6.04 Å². The van der Waals surface area contributed by atoms with E-state index in [4.69, 9.17) is 0 Å². The molecule has 100 valence electrons. The molecule has 1 saturated heterocycles. The first-order chi connectivity index (χ1) is 8.27. The van der Waals surface area contributed by atoms with Gasteiger partial charge in [0.05, 0.1) is 0 Å². The Morgan fingerprint density at radius 3 is 2.88 bits per heavy atom. The lowest BCUT2D eigenvalue weighted by molar-refractivity contribution is -0.125. The molecule has 1 fully saturated rings. The predicted molar refractivity (Wildman–Crippen MR) is 72.0 cm³/mol. The van der Waals surface area contributed by atoms with Crippen LogP contribution in [0.15, 0.2) is 0 Å². The normalized spacial score (nSPS) is 21.4. The summed E-state index contributed by atoms with van der Waals surface area (Å²) < 4.78 is 0. The Hall–Kier alpha value is -0.570. The van der Waals surface area contributed by atoms with Gasteiger partial charge in [-0.3, -0.25) is 4.79 Å². The molecule has 2 N–H and O–H groups in total. The Balaban J connectivity index is 2.12. The highest BCUT2D eigenvalue weighted by Crippen LogP contribution is 2.13. The van der Waals surface area contributed by atoms with Crippen molar-refractivity contribution in [3.05, 3.63) is 0 Å². The second-order valence-electron chi connectivity index (χ2n) is 5.12. The maximum Gasteiger partial charge on any atom is 0.223 e. The molecular formula is C14H28N2O. The third-order valence-corrected chi connectivity index (χ3v) is 3.72. The Labute approximate surface area is 106 Å². The van der Waals surface area contributed by atoms with Gasteiger partial charge in [-0.2, -0.15) is 0 Å². The van der Waals surface area contributed by atoms with E-state index in [2.05, 4.69) is 24.5 Å². The molecule has 0 radical (unpaired) electrons. The van der Waals surface area contributed by atoms with Crippen LogP contribution >= 0.6 is 0 Å². The molecule has 0 bridgehead atoms. The van der Waals surface area contributed by atoms with Gasteiger partial charge in [0.25, 0.3) is 0 Å². The number of rotatable bonds is 8. The first-order valence-corrected chi connectivity index (χ1v) is 7.29. The van der Waals surface area contributed by atoms with Gasteiger partial charge in [0, 0.05) is 18.5 Å². The van der Waals surface area contributed by atoms with Crippen LogP contribution in [0.4, 0.5) is 0 Å². The van der Waals surface area contributed by atoms with Crippen molar-refractivity contribution in [1.29, 1.82) is 0 Å². The van der Waals surface area contributed by atoms with Gasteiger partial charge in [-0.15, -0.1) is 0 Å². The molecule has 17 heavy (non-hydrogen) atoms. The van der Waals surface area contributed by atoms with Gasteiger partial charge in [0.1, 0.15) is 0 Å². The third kappa shape index (κ3) is 5.53. The van der Waals surface area contributed by atoms with Crippen LogP contribution < -0.4 is 10.6 Å². The van der Waals surface area contributed by atoms with Crippen molar-refractivity contribution in [2.75, 3.05) is 13.1 Å². The minimum Gasteiger partial charge on any atom is -0.356 e. The van der Waals surface area contributed by atoms with E-state index in [0.717, 1.165) is 38.8 Å². The lowest BCUT2D eigenvalue weighted by atomic mass is 9.98. The van der Waals surface area contributed by atoms with E-state index in [1.54, 1.807) is 0 Å². The number of hydrogen-bond acceptors (Lipinski definition) is 2. The van der Waals surface area contributed by atoms with E-state index in [9.17, 15) is 4.79 Å². The third-order valence-electron chi connectivity index (χ3n) is 3.72. The Kier molecular flexibility index (Phi) is 7.25. The summed E-state index contributed by atoms with van der Waals surface area (Å²) >= 11 is 0. The molecule has 0 aromatic heterocycles. The summed E-state index contributed by atoms with van der Waals surface area (Å²) in [7, 11) is 0. The van der Waals surface area contributed by atoms with Crippen LogP contribution in [-0.4, -0.2) is 25.0 Å². The summed E-state index contributed by atoms with van der Waals surface area (Å²) in [5, 5.41) is 6.55. The van der Waals surface area contributed by atoms with Crippen LogP contribution in [0.1, 0.15) is 58.8 Å². The van der Waals surface area contributed by atoms with Gasteiger partial charge in [-0.05, 0) is 38.6 Å². The van der Waals surface area contributed by atoms with E-state index in [1.807, 2.05) is 0 Å². The molecule has 0 spiro atoms. The number of carbonyl (C=O) groups excluding carboxylic acids is 1. The quantitative estimate of drug-likeness (QED) is 0.684. The zero-order valence-electron chi connectivity index (χ0n) is 11.4. The molecular weight excluding hydrogens is 212 g/mol. The summed E-state index contributed by atoms with van der Waals surface area (Å²) in [4.78, 5) is 11.9. The van der Waals surface area contributed by atoms with Crippen molar-refractivity contribution in [3.63, 3.8) is 0 Å². The second kappa shape index (κ2) is 8.51. The highest BCUT2D eigenvalue weighted by Gasteiger charge is 2.17. The minimum atomic E-state index is 0.228. The molecule has 0 aliphatic carbocycles. The summed E-state index contributed by atoms with van der Waals surface area (Å²) in [5.74, 6) is 0.491. The Bertz CT molecular complexity index is 212. The molecule has 3 nitrogen and oxygen atoms in total. The van der Waals surface area contributed by atoms with E-state index >= 15 is 0 Å². The topological polar surface area (TPSA) is 41.1 Å². The first-order valence-electron chi connectivity index (χ1n) is 7.29. The van der Waals surface area contributed by atoms with Gasteiger partial charge in [0.15, 0.2) is 0 Å². The molecule has 1 aliphatic heterocycles. The van der Waals surface area contributed by atoms with Gasteiger partial charge in [0.2, 0.25) is 5.91 Å². The fourth-order valence-corrected chi connectivity index (χ4v) is 2.49. The molecule has 1 heterocycles. The van der Waals surface area contributed by atoms with Crippen LogP contribution in [-0.2, 0) is 4.79 Å². The number of unbranched alkanes of at least 4 members (excludes halogenated alkanes) is 1. The molecule has 1 aliphatic rings. The maximum absolute atomic E-state index is 11.9. The highest BCUT2D eigenvalue weighted by molar-refractivity contribution is 5.78. The molecule has 0 aromatic carbocycles. The fourth-order valence-electron chi connectivity index (χ4n) is 2.49. The summed E-state index contributed by atoms with van der Waals surface area (Å²) in [5.41, 5.74) is 0. The lowest BCUT2D eigenvalue weighted by Crippen LogP contribution is -2.34. The number of hydrogen-bond donors (Lipinski definition) is 2. The highest BCUT2D eigenvalue weighted by atomic mass is 16.1. The van der Waals surface area contributed by atoms with Crippen molar-refractivity contribution in [1.82, 2.24) is 10.6 Å². The van der Waals surface area contributed by atoms with Crippen molar-refractivity contribution in [2.24, 2.45) is 5.92 Å². The Morgan fingerprint density at radius 1 is 1.47 bits per heavy atom. The van der Waals surface area contributed by atoms with Crippen molar-refractivity contribution >= 4 is 5.91 Å².